The van der Waals surface area contributed by atoms with Crippen LogP contribution in [0.15, 0.2) is 72.8 Å². The topological polar surface area (TPSA) is 119 Å². The van der Waals surface area contributed by atoms with Gasteiger partial charge in [-0.1, -0.05) is 55.5 Å². The van der Waals surface area contributed by atoms with E-state index in [0.717, 1.165) is 28.8 Å². The highest BCUT2D eigenvalue weighted by molar-refractivity contribution is 6.03. The average Bonchev–Trinajstić information content (AvgIpc) is 3.05. The Hall–Kier alpha value is -4.57. The molecule has 1 N–H and O–H groups in total. The minimum absolute atomic E-state index is 0.0370. The molecular weight excluding hydrogens is 605 g/mol. The average molecular weight is 648 g/mol. The van der Waals surface area contributed by atoms with E-state index in [4.69, 9.17) is 14.2 Å². The van der Waals surface area contributed by atoms with Crippen LogP contribution in [0.4, 0.5) is 10.1 Å². The van der Waals surface area contributed by atoms with Crippen LogP contribution in [0.1, 0.15) is 81.4 Å². The maximum atomic E-state index is 13.7. The zero-order chi connectivity index (χ0) is 34.1. The normalized spacial score (nSPS) is 16.6. The largest absolute Gasteiger partial charge is 0.463 e. The molecule has 0 bridgehead atoms. The van der Waals surface area contributed by atoms with Gasteiger partial charge in [-0.2, -0.15) is 0 Å². The number of β-lactam (4-membered cyclic amide) rings is 1. The zero-order valence-corrected chi connectivity index (χ0v) is 27.2. The molecule has 47 heavy (non-hydrogen) atoms. The third-order valence-corrected chi connectivity index (χ3v) is 8.42. The number of anilines is 1. The minimum Gasteiger partial charge on any atom is -0.463 e. The van der Waals surface area contributed by atoms with Gasteiger partial charge in [-0.05, 0) is 78.6 Å². The van der Waals surface area contributed by atoms with Crippen LogP contribution in [0.25, 0.3) is 0 Å². The Kier molecular flexibility index (Phi) is 11.9. The predicted octanol–water partition coefficient (Wildman–Crippen LogP) is 5.97. The Labute approximate surface area is 274 Å². The molecule has 0 aliphatic carbocycles. The number of carbonyl (C=O) groups is 4. The first-order chi connectivity index (χ1) is 22.4. The van der Waals surface area contributed by atoms with Crippen molar-refractivity contribution in [1.29, 1.82) is 0 Å². The molecule has 0 aromatic heterocycles. The lowest BCUT2D eigenvalue weighted by atomic mass is 9.78. The Morgan fingerprint density at radius 3 is 1.96 bits per heavy atom. The summed E-state index contributed by atoms with van der Waals surface area (Å²) in [6.07, 6.45) is 1.65. The molecule has 10 heteroatoms. The molecule has 1 aliphatic heterocycles. The van der Waals surface area contributed by atoms with Gasteiger partial charge in [0.25, 0.3) is 0 Å². The van der Waals surface area contributed by atoms with Crippen LogP contribution in [0.5, 0.6) is 0 Å². The monoisotopic (exact) mass is 647 g/mol. The Morgan fingerprint density at radius 2 is 1.43 bits per heavy atom. The van der Waals surface area contributed by atoms with Gasteiger partial charge in [-0.15, -0.1) is 0 Å². The number of benzene rings is 3. The Bertz CT molecular complexity index is 1520. The standard InChI is InChI=1S/C37H42FNO8/c1-5-27-8-16-32(17-9-27)39-35(33(36(39)43)18-19-34(47-26(4)42)29-12-14-31(38)15-13-29)30-10-6-28(7-11-30)20-21-37(44,22-45-24(2)40)23-46-25(3)41/h6-17,33-35,44H,5,18-23H2,1-4H3/t33-,34+,35-/m1/s1. The van der Waals surface area contributed by atoms with Crippen molar-refractivity contribution in [3.8, 4) is 0 Å². The highest BCUT2D eigenvalue weighted by Crippen LogP contribution is 2.46. The van der Waals surface area contributed by atoms with Gasteiger partial charge in [0.2, 0.25) is 5.91 Å². The second-order valence-corrected chi connectivity index (χ2v) is 12.0. The Morgan fingerprint density at radius 1 is 0.851 bits per heavy atom. The van der Waals surface area contributed by atoms with Crippen LogP contribution < -0.4 is 4.90 Å². The number of hydrogen-bond acceptors (Lipinski definition) is 8. The molecule has 9 nitrogen and oxygen atoms in total. The lowest BCUT2D eigenvalue weighted by Crippen LogP contribution is -2.55. The molecule has 1 fully saturated rings. The van der Waals surface area contributed by atoms with Crippen molar-refractivity contribution < 1.29 is 42.9 Å². The van der Waals surface area contributed by atoms with E-state index in [0.29, 0.717) is 24.8 Å². The molecule has 0 spiro atoms. The van der Waals surface area contributed by atoms with Crippen LogP contribution in [-0.4, -0.2) is 47.7 Å². The fraction of sp³-hybridized carbons (Fsp3) is 0.405. The molecule has 0 radical (unpaired) electrons. The third-order valence-electron chi connectivity index (χ3n) is 8.42. The van der Waals surface area contributed by atoms with E-state index in [2.05, 4.69) is 6.92 Å². The molecule has 3 aromatic carbocycles. The number of carbonyl (C=O) groups excluding carboxylic acids is 4. The lowest BCUT2D eigenvalue weighted by molar-refractivity contribution is -0.161. The van der Waals surface area contributed by atoms with Crippen LogP contribution >= 0.6 is 0 Å². The van der Waals surface area contributed by atoms with E-state index in [1.54, 1.807) is 17.0 Å². The molecule has 1 amide bonds. The molecule has 0 saturated carbocycles. The van der Waals surface area contributed by atoms with Gasteiger partial charge in [-0.3, -0.25) is 19.2 Å². The summed E-state index contributed by atoms with van der Waals surface area (Å²) in [4.78, 5) is 50.1. The van der Waals surface area contributed by atoms with E-state index in [1.165, 1.54) is 32.9 Å². The smallest absolute Gasteiger partial charge is 0.303 e. The van der Waals surface area contributed by atoms with E-state index in [1.807, 2.05) is 48.5 Å². The quantitative estimate of drug-likeness (QED) is 0.122. The van der Waals surface area contributed by atoms with E-state index in [9.17, 15) is 28.7 Å². The zero-order valence-electron chi connectivity index (χ0n) is 27.2. The van der Waals surface area contributed by atoms with E-state index >= 15 is 0 Å². The van der Waals surface area contributed by atoms with Gasteiger partial charge in [0.1, 0.15) is 30.7 Å². The summed E-state index contributed by atoms with van der Waals surface area (Å²) in [5, 5.41) is 11.0. The van der Waals surface area contributed by atoms with Crippen molar-refractivity contribution in [1.82, 2.24) is 0 Å². The molecule has 0 unspecified atom stereocenters. The van der Waals surface area contributed by atoms with Crippen LogP contribution in [0.3, 0.4) is 0 Å². The highest BCUT2D eigenvalue weighted by Gasteiger charge is 2.48. The van der Waals surface area contributed by atoms with Gasteiger partial charge in [-0.25, -0.2) is 4.39 Å². The van der Waals surface area contributed by atoms with Gasteiger partial charge in [0.15, 0.2) is 0 Å². The molecule has 250 valence electrons. The fourth-order valence-electron chi connectivity index (χ4n) is 5.81. The van der Waals surface area contributed by atoms with Crippen molar-refractivity contribution in [3.05, 3.63) is 101 Å². The van der Waals surface area contributed by atoms with Crippen LogP contribution in [0.2, 0.25) is 0 Å². The molecule has 3 atom stereocenters. The van der Waals surface area contributed by atoms with Crippen molar-refractivity contribution in [3.63, 3.8) is 0 Å². The van der Waals surface area contributed by atoms with Crippen molar-refractivity contribution in [2.45, 2.75) is 77.5 Å². The summed E-state index contributed by atoms with van der Waals surface area (Å²) in [7, 11) is 0. The number of aliphatic hydroxyl groups is 1. The van der Waals surface area contributed by atoms with Gasteiger partial charge < -0.3 is 24.2 Å². The van der Waals surface area contributed by atoms with Crippen LogP contribution in [-0.2, 0) is 46.2 Å². The number of esters is 3. The molecule has 1 heterocycles. The molecule has 1 aliphatic rings. The number of rotatable bonds is 15. The lowest BCUT2D eigenvalue weighted by Gasteiger charge is -2.48. The van der Waals surface area contributed by atoms with Crippen molar-refractivity contribution in [2.24, 2.45) is 5.92 Å². The maximum absolute atomic E-state index is 13.7. The van der Waals surface area contributed by atoms with Crippen molar-refractivity contribution in [2.75, 3.05) is 18.1 Å². The number of hydrogen-bond donors (Lipinski definition) is 1. The summed E-state index contributed by atoms with van der Waals surface area (Å²) in [5.74, 6) is -2.38. The van der Waals surface area contributed by atoms with Crippen LogP contribution in [0, 0.1) is 11.7 Å². The van der Waals surface area contributed by atoms with E-state index in [-0.39, 0.29) is 37.5 Å². The van der Waals surface area contributed by atoms with Gasteiger partial charge >= 0.3 is 17.9 Å². The summed E-state index contributed by atoms with van der Waals surface area (Å²) >= 11 is 0. The SMILES string of the molecule is CCc1ccc(N2C(=O)[C@H](CC[C@H](OC(C)=O)c3ccc(F)cc3)[C@H]2c2ccc(CCC(O)(COC(C)=O)COC(C)=O)cc2)cc1. The fourth-order valence-corrected chi connectivity index (χ4v) is 5.81. The second-order valence-electron chi connectivity index (χ2n) is 12.0. The number of amides is 1. The van der Waals surface area contributed by atoms with Gasteiger partial charge in [0.05, 0.1) is 12.0 Å². The number of halogens is 1. The molecule has 4 rings (SSSR count). The molecule has 1 saturated heterocycles. The number of aryl methyl sites for hydroxylation is 2. The maximum Gasteiger partial charge on any atom is 0.303 e. The summed E-state index contributed by atoms with van der Waals surface area (Å²) in [5.41, 5.74) is 2.86. The van der Waals surface area contributed by atoms with Crippen molar-refractivity contribution >= 4 is 29.5 Å². The summed E-state index contributed by atoms with van der Waals surface area (Å²) in [6, 6.07) is 21.2. The third kappa shape index (κ3) is 9.48. The first kappa shape index (κ1) is 35.3. The number of nitrogens with zero attached hydrogens (tertiary/aromatic N) is 1. The first-order valence-corrected chi connectivity index (χ1v) is 15.8. The number of ether oxygens (including phenoxy) is 3. The Balaban J connectivity index is 1.54. The highest BCUT2D eigenvalue weighted by atomic mass is 19.1. The first-order valence-electron chi connectivity index (χ1n) is 15.8. The second kappa shape index (κ2) is 15.8. The van der Waals surface area contributed by atoms with Gasteiger partial charge in [0, 0.05) is 26.5 Å². The predicted molar refractivity (Wildman–Crippen MR) is 173 cm³/mol. The van der Waals surface area contributed by atoms with E-state index < -0.39 is 35.4 Å². The minimum atomic E-state index is -1.55. The molecule has 3 aromatic rings. The summed E-state index contributed by atoms with van der Waals surface area (Å²) in [6.45, 7) is 5.26. The molecular formula is C37H42FNO8. The summed E-state index contributed by atoms with van der Waals surface area (Å²) < 4.78 is 29.2.